The van der Waals surface area contributed by atoms with E-state index in [9.17, 15) is 0 Å². The summed E-state index contributed by atoms with van der Waals surface area (Å²) in [6.45, 7) is 3.81. The van der Waals surface area contributed by atoms with Gasteiger partial charge in [0.05, 0.1) is 0 Å². The molecule has 0 aromatic heterocycles. The summed E-state index contributed by atoms with van der Waals surface area (Å²) in [5, 5.41) is 0. The van der Waals surface area contributed by atoms with Crippen LogP contribution in [0.3, 0.4) is 0 Å². The molecule has 0 saturated carbocycles. The highest BCUT2D eigenvalue weighted by Crippen LogP contribution is 2.34. The Morgan fingerprint density at radius 1 is 1.29 bits per heavy atom. The zero-order chi connectivity index (χ0) is 9.26. The molecule has 0 unspecified atom stereocenters. The lowest BCUT2D eigenvalue weighted by Crippen LogP contribution is -2.17. The van der Waals surface area contributed by atoms with Crippen LogP contribution in [0, 0.1) is 6.92 Å². The lowest BCUT2D eigenvalue weighted by Gasteiger charge is -2.21. The van der Waals surface area contributed by atoms with Gasteiger partial charge in [0.1, 0.15) is 13.2 Å². The van der Waals surface area contributed by atoms with Crippen LogP contribution in [-0.2, 0) is 6.54 Å². The van der Waals surface area contributed by atoms with E-state index in [-0.39, 0.29) is 12.4 Å². The molecule has 4 heteroatoms. The molecule has 1 aromatic rings. The third-order valence-electron chi connectivity index (χ3n) is 2.29. The van der Waals surface area contributed by atoms with Crippen molar-refractivity contribution in [2.45, 2.75) is 13.5 Å². The summed E-state index contributed by atoms with van der Waals surface area (Å²) in [4.78, 5) is 0. The van der Waals surface area contributed by atoms with Crippen LogP contribution in [0.25, 0.3) is 0 Å². The number of nitrogens with two attached hydrogens (primary N) is 1. The van der Waals surface area contributed by atoms with Crippen molar-refractivity contribution in [3.05, 3.63) is 23.3 Å². The normalized spacial score (nSPS) is 13.3. The first-order valence-electron chi connectivity index (χ1n) is 4.41. The molecule has 3 nitrogen and oxygen atoms in total. The van der Waals surface area contributed by atoms with E-state index in [0.29, 0.717) is 19.8 Å². The quantitative estimate of drug-likeness (QED) is 0.775. The summed E-state index contributed by atoms with van der Waals surface area (Å²) in [6.07, 6.45) is 0. The van der Waals surface area contributed by atoms with Crippen molar-refractivity contribution in [2.24, 2.45) is 5.73 Å². The van der Waals surface area contributed by atoms with Gasteiger partial charge in [0.15, 0.2) is 11.5 Å². The number of ether oxygens (including phenoxy) is 2. The summed E-state index contributed by atoms with van der Waals surface area (Å²) in [5.41, 5.74) is 7.80. The Kier molecular flexibility index (Phi) is 3.61. The zero-order valence-corrected chi connectivity index (χ0v) is 8.89. The minimum Gasteiger partial charge on any atom is -0.486 e. The van der Waals surface area contributed by atoms with Gasteiger partial charge in [-0.3, -0.25) is 0 Å². The monoisotopic (exact) mass is 215 g/mol. The molecule has 1 aliphatic rings. The van der Waals surface area contributed by atoms with Gasteiger partial charge in [-0.2, -0.15) is 0 Å². The topological polar surface area (TPSA) is 44.5 Å². The predicted molar refractivity (Wildman–Crippen MR) is 57.3 cm³/mol. The number of rotatable bonds is 1. The van der Waals surface area contributed by atoms with Gasteiger partial charge in [-0.25, -0.2) is 0 Å². The average molecular weight is 216 g/mol. The molecule has 78 valence electrons. The molecule has 0 bridgehead atoms. The average Bonchev–Trinajstić information content (AvgIpc) is 2.19. The lowest BCUT2D eigenvalue weighted by molar-refractivity contribution is 0.170. The highest BCUT2D eigenvalue weighted by atomic mass is 35.5. The fraction of sp³-hybridized carbons (Fsp3) is 0.400. The summed E-state index contributed by atoms with van der Waals surface area (Å²) in [7, 11) is 0. The molecule has 14 heavy (non-hydrogen) atoms. The summed E-state index contributed by atoms with van der Waals surface area (Å²) >= 11 is 0. The number of halogens is 1. The van der Waals surface area contributed by atoms with Crippen LogP contribution < -0.4 is 15.2 Å². The maximum atomic E-state index is 5.59. The van der Waals surface area contributed by atoms with Crippen molar-refractivity contribution in [3.63, 3.8) is 0 Å². The minimum absolute atomic E-state index is 0. The van der Waals surface area contributed by atoms with Gasteiger partial charge in [0.25, 0.3) is 0 Å². The van der Waals surface area contributed by atoms with Gasteiger partial charge in [-0.15, -0.1) is 12.4 Å². The Bertz CT molecular complexity index is 328. The van der Waals surface area contributed by atoms with Crippen molar-refractivity contribution in [2.75, 3.05) is 13.2 Å². The first-order chi connectivity index (χ1) is 6.33. The van der Waals surface area contributed by atoms with Crippen LogP contribution in [-0.4, -0.2) is 13.2 Å². The molecular formula is C10H14ClNO2. The standard InChI is InChI=1S/C10H13NO2.ClH/c1-7-8(6-11)2-3-9-10(7)13-5-4-12-9;/h2-3H,4-6,11H2,1H3;1H. The van der Waals surface area contributed by atoms with E-state index in [0.717, 1.165) is 22.6 Å². The second-order valence-electron chi connectivity index (χ2n) is 3.08. The van der Waals surface area contributed by atoms with Crippen molar-refractivity contribution >= 4 is 12.4 Å². The Morgan fingerprint density at radius 2 is 2.00 bits per heavy atom. The number of hydrogen-bond donors (Lipinski definition) is 1. The van der Waals surface area contributed by atoms with Gasteiger partial charge < -0.3 is 15.2 Å². The Hall–Kier alpha value is -0.930. The molecule has 1 aromatic carbocycles. The molecular weight excluding hydrogens is 202 g/mol. The number of fused-ring (bicyclic) bond motifs is 1. The van der Waals surface area contributed by atoms with Gasteiger partial charge in [-0.05, 0) is 24.1 Å². The molecule has 0 atom stereocenters. The van der Waals surface area contributed by atoms with Crippen molar-refractivity contribution in [1.82, 2.24) is 0 Å². The zero-order valence-electron chi connectivity index (χ0n) is 8.08. The van der Waals surface area contributed by atoms with E-state index in [1.165, 1.54) is 0 Å². The van der Waals surface area contributed by atoms with E-state index < -0.39 is 0 Å². The predicted octanol–water partition coefficient (Wildman–Crippen LogP) is 1.65. The highest BCUT2D eigenvalue weighted by Gasteiger charge is 2.15. The second-order valence-corrected chi connectivity index (χ2v) is 3.08. The third kappa shape index (κ3) is 1.79. The second kappa shape index (κ2) is 4.53. The molecule has 2 N–H and O–H groups in total. The first-order valence-corrected chi connectivity index (χ1v) is 4.41. The van der Waals surface area contributed by atoms with E-state index in [2.05, 4.69) is 0 Å². The minimum atomic E-state index is 0. The van der Waals surface area contributed by atoms with Crippen LogP contribution in [0.5, 0.6) is 11.5 Å². The van der Waals surface area contributed by atoms with Crippen LogP contribution in [0.2, 0.25) is 0 Å². The van der Waals surface area contributed by atoms with E-state index in [4.69, 9.17) is 15.2 Å². The molecule has 0 radical (unpaired) electrons. The largest absolute Gasteiger partial charge is 0.486 e. The van der Waals surface area contributed by atoms with E-state index in [1.807, 2.05) is 19.1 Å². The van der Waals surface area contributed by atoms with Gasteiger partial charge in [0, 0.05) is 6.54 Å². The summed E-state index contributed by atoms with van der Waals surface area (Å²) < 4.78 is 11.0. The Labute approximate surface area is 89.6 Å². The molecule has 0 spiro atoms. The van der Waals surface area contributed by atoms with Gasteiger partial charge in [0.2, 0.25) is 0 Å². The van der Waals surface area contributed by atoms with Crippen LogP contribution in [0.15, 0.2) is 12.1 Å². The molecule has 0 aliphatic carbocycles. The number of benzene rings is 1. The summed E-state index contributed by atoms with van der Waals surface area (Å²) in [6, 6.07) is 3.91. The molecule has 2 rings (SSSR count). The van der Waals surface area contributed by atoms with Gasteiger partial charge in [-0.1, -0.05) is 6.07 Å². The molecule has 0 saturated heterocycles. The van der Waals surface area contributed by atoms with E-state index >= 15 is 0 Å². The maximum Gasteiger partial charge on any atom is 0.164 e. The number of hydrogen-bond acceptors (Lipinski definition) is 3. The third-order valence-corrected chi connectivity index (χ3v) is 2.29. The van der Waals surface area contributed by atoms with Crippen molar-refractivity contribution < 1.29 is 9.47 Å². The molecule has 1 aliphatic heterocycles. The van der Waals surface area contributed by atoms with Crippen molar-refractivity contribution in [1.29, 1.82) is 0 Å². The fourth-order valence-corrected chi connectivity index (χ4v) is 1.52. The highest BCUT2D eigenvalue weighted by molar-refractivity contribution is 5.85. The first kappa shape index (κ1) is 11.1. The van der Waals surface area contributed by atoms with Crippen LogP contribution in [0.4, 0.5) is 0 Å². The SMILES string of the molecule is Cc1c(CN)ccc2c1OCCO2.Cl. The van der Waals surface area contributed by atoms with Crippen molar-refractivity contribution in [3.8, 4) is 11.5 Å². The Balaban J connectivity index is 0.000000980. The van der Waals surface area contributed by atoms with Crippen LogP contribution in [0.1, 0.15) is 11.1 Å². The smallest absolute Gasteiger partial charge is 0.164 e. The van der Waals surface area contributed by atoms with Gasteiger partial charge >= 0.3 is 0 Å². The molecule has 0 amide bonds. The molecule has 0 fully saturated rings. The maximum absolute atomic E-state index is 5.59. The van der Waals surface area contributed by atoms with E-state index in [1.54, 1.807) is 0 Å². The lowest BCUT2D eigenvalue weighted by atomic mass is 10.1. The van der Waals surface area contributed by atoms with Crippen LogP contribution >= 0.6 is 12.4 Å². The Morgan fingerprint density at radius 3 is 2.71 bits per heavy atom. The summed E-state index contributed by atoms with van der Waals surface area (Å²) in [5.74, 6) is 1.69. The fourth-order valence-electron chi connectivity index (χ4n) is 1.52. The molecule has 1 heterocycles.